The monoisotopic (exact) mass is 2280 g/mol. The van der Waals surface area contributed by atoms with Crippen LogP contribution in [0, 0.1) is 18.3 Å². The summed E-state index contributed by atoms with van der Waals surface area (Å²) in [5.74, 6) is 6.73. The van der Waals surface area contributed by atoms with Crippen molar-refractivity contribution in [2.75, 3.05) is 155 Å². The highest BCUT2D eigenvalue weighted by molar-refractivity contribution is 9.10. The molecule has 6 aliphatic heterocycles. The number of nitrogen functional groups attached to an aromatic ring is 6. The maximum atomic E-state index is 6.37. The van der Waals surface area contributed by atoms with Gasteiger partial charge in [0, 0.05) is 134 Å². The van der Waals surface area contributed by atoms with E-state index in [1.54, 1.807) is 79.1 Å². The smallest absolute Gasteiger partial charge is 0.247 e. The fourth-order valence-electron chi connectivity index (χ4n) is 17.5. The van der Waals surface area contributed by atoms with Crippen LogP contribution in [-0.2, 0) is 0 Å². The third-order valence-electron chi connectivity index (χ3n) is 26.8. The highest BCUT2D eigenvalue weighted by Crippen LogP contribution is 2.46. The fourth-order valence-corrected chi connectivity index (χ4v) is 20.6. The van der Waals surface area contributed by atoms with Crippen LogP contribution in [0.2, 0.25) is 65.4 Å². The highest BCUT2D eigenvalue weighted by Gasteiger charge is 2.37. The first-order valence-electron chi connectivity index (χ1n) is 47.1. The minimum Gasteiger partial charge on any atom is -0.382 e. The van der Waals surface area contributed by atoms with Crippen LogP contribution in [0.4, 0.5) is 69.9 Å². The normalized spacial score (nSPS) is 16.9. The molecule has 0 unspecified atom stereocenters. The molecule has 12 heterocycles. The topological polar surface area (TPSA) is 499 Å². The molecule has 6 aromatic carbocycles. The number of hydrogen-bond acceptors (Lipinski definition) is 31. The van der Waals surface area contributed by atoms with Crippen molar-refractivity contribution in [3.8, 4) is 67.5 Å². The van der Waals surface area contributed by atoms with E-state index in [2.05, 4.69) is 140 Å². The van der Waals surface area contributed by atoms with Gasteiger partial charge in [-0.05, 0) is 195 Å². The molecular formula is C99H119BrCl13N31. The Balaban J connectivity index is 0.000000145. The van der Waals surface area contributed by atoms with Gasteiger partial charge in [-0.3, -0.25) is 0 Å². The van der Waals surface area contributed by atoms with E-state index in [0.29, 0.717) is 173 Å². The largest absolute Gasteiger partial charge is 0.382 e. The molecule has 6 fully saturated rings. The van der Waals surface area contributed by atoms with Crippen LogP contribution in [0.25, 0.3) is 67.5 Å². The van der Waals surface area contributed by atoms with Gasteiger partial charge in [-0.1, -0.05) is 237 Å². The van der Waals surface area contributed by atoms with Crippen LogP contribution in [0.5, 0.6) is 0 Å². The van der Waals surface area contributed by atoms with E-state index in [0.717, 1.165) is 198 Å². The van der Waals surface area contributed by atoms with Gasteiger partial charge < -0.3 is 98.2 Å². The standard InChI is InChI=1S/C19H25Cl2N5.C17H21Cl2N5.C16H18BrCl2N5.C16H18Cl3N5.C16H19Cl2N5.C15H18Cl2N6/c1-2-6-19(12-22)7-9-26(10-8-19)15-11-24-17(18(23)25-15)13-4-3-5-14(20)16(13)21;1-10-16(24-8-6-17(2,21)7-9-24)23-15(20)14(22-10)11-4-3-5-12(18)13(11)19;1-16(21)5-7-24(8-6-16)15-13(17)22-12(14(20)23-15)9-3-2-4-10(18)11(9)19;1-16(21)5-7-24(8-6-16)15-13(19)22-12(14(20)23-15)9-3-2-4-10(17)11(9)18;17-12-3-1-2-11(14(12)18)15-16(20)22-13(9-21-15)23-6-4-10(8-19)5-7-23;1-15(19)5-7-23(8-6-15)14-20-13(18)12(21-22-14)9-3-2-4-10(16)11(9)17/h3-5,11H,2,6-10,12,22H2,1H3,(H2,23,25);3-5H,6-9,21H2,1-2H3,(H2,20,23);2*2-4H,5-8,21H2,1H3,(H2,20,23);1-3,9-10H,4-8,19H2,(H2,20,22);2-4H,5-8,19H2,1H3,(H2,18,20,22). The highest BCUT2D eigenvalue weighted by atomic mass is 79.9. The third-order valence-corrected chi connectivity index (χ3v) is 32.5. The molecule has 0 saturated carbocycles. The molecular weight excluding hydrogens is 2160 g/mol. The second-order valence-corrected chi connectivity index (χ2v) is 43.9. The molecule has 0 bridgehead atoms. The van der Waals surface area contributed by atoms with E-state index in [9.17, 15) is 0 Å². The summed E-state index contributed by atoms with van der Waals surface area (Å²) < 4.78 is 0.628. The lowest BCUT2D eigenvalue weighted by atomic mass is 9.75. The molecule has 6 saturated heterocycles. The van der Waals surface area contributed by atoms with Crippen LogP contribution in [0.1, 0.15) is 130 Å². The second kappa shape index (κ2) is 49.2. The van der Waals surface area contributed by atoms with Crippen molar-refractivity contribution in [2.24, 2.45) is 45.7 Å². The lowest BCUT2D eigenvalue weighted by Gasteiger charge is -2.41. The minimum absolute atomic E-state index is 0.113. The number of anilines is 12. The van der Waals surface area contributed by atoms with Gasteiger partial charge in [0.15, 0.2) is 57.5 Å². The van der Waals surface area contributed by atoms with Crippen LogP contribution in [0.3, 0.4) is 0 Å². The molecule has 0 amide bonds. The summed E-state index contributed by atoms with van der Waals surface area (Å²) in [6.07, 6.45) is 17.2. The number of piperidine rings is 6. The second-order valence-electron chi connectivity index (χ2n) is 38.1. The molecule has 6 aliphatic rings. The number of hydrogen-bond donors (Lipinski definition) is 12. The van der Waals surface area contributed by atoms with Gasteiger partial charge in [-0.15, -0.1) is 10.2 Å². The predicted molar refractivity (Wildman–Crippen MR) is 605 cm³/mol. The quantitative estimate of drug-likeness (QED) is 0.0427. The summed E-state index contributed by atoms with van der Waals surface area (Å²) in [6, 6.07) is 32.1. The number of rotatable bonds is 16. The maximum Gasteiger partial charge on any atom is 0.247 e. The third kappa shape index (κ3) is 27.9. The number of nitrogens with two attached hydrogens (primary N) is 12. The van der Waals surface area contributed by atoms with Crippen molar-refractivity contribution in [3.63, 3.8) is 0 Å². The van der Waals surface area contributed by atoms with Gasteiger partial charge in [-0.2, -0.15) is 4.98 Å². The Bertz CT molecular complexity index is 6180. The average Bonchev–Trinajstić information content (AvgIpc) is 0.789. The Kier molecular flexibility index (Phi) is 38.4. The summed E-state index contributed by atoms with van der Waals surface area (Å²) in [4.78, 5) is 62.5. The van der Waals surface area contributed by atoms with E-state index in [1.165, 1.54) is 12.8 Å². The number of benzene rings is 6. The first-order valence-corrected chi connectivity index (χ1v) is 52.8. The number of aromatic nitrogens is 13. The number of nitrogens with zero attached hydrogens (tertiary/aromatic N) is 19. The fraction of sp³-hybridized carbons (Fsp3) is 0.404. The number of halogens is 14. The SMILES string of the molecule is CC1(N)CCN(c2nc(N)c(-c3cccc(Cl)c3Cl)nc2Br)CC1.CC1(N)CCN(c2nc(N)c(-c3cccc(Cl)c3Cl)nc2Cl)CC1.CC1(N)CCN(c2nnc(-c3cccc(Cl)c3Cl)c(N)n2)CC1.CCCC1(CN)CCN(c2cnc(-c3cccc(Cl)c3Cl)c(N)n2)CC1.Cc1nc(-c2cccc(Cl)c2Cl)c(N)nc1N1CCC(C)(N)CC1.NCC1CCN(c2cnc(-c3cccc(Cl)c3Cl)c(N)n2)CC1. The summed E-state index contributed by atoms with van der Waals surface area (Å²) in [6.45, 7) is 24.0. The van der Waals surface area contributed by atoms with Crippen molar-refractivity contribution in [1.29, 1.82) is 0 Å². The molecule has 6 aromatic heterocycles. The van der Waals surface area contributed by atoms with E-state index in [4.69, 9.17) is 220 Å². The number of aryl methyl sites for hydroxylation is 1. The van der Waals surface area contributed by atoms with Gasteiger partial charge in [0.2, 0.25) is 5.95 Å². The lowest BCUT2D eigenvalue weighted by Crippen LogP contribution is -2.48. The van der Waals surface area contributed by atoms with Crippen molar-refractivity contribution in [1.82, 2.24) is 65.0 Å². The summed E-state index contributed by atoms with van der Waals surface area (Å²) >= 11 is 83.9. The summed E-state index contributed by atoms with van der Waals surface area (Å²) in [7, 11) is 0. The lowest BCUT2D eigenvalue weighted by molar-refractivity contribution is 0.207. The molecule has 18 rings (SSSR count). The zero-order chi connectivity index (χ0) is 104. The van der Waals surface area contributed by atoms with Gasteiger partial charge >= 0.3 is 0 Å². The van der Waals surface area contributed by atoms with Crippen molar-refractivity contribution < 1.29 is 0 Å². The predicted octanol–water partition coefficient (Wildman–Crippen LogP) is 22.1. The summed E-state index contributed by atoms with van der Waals surface area (Å²) in [5.41, 5.74) is 80.9. The van der Waals surface area contributed by atoms with Gasteiger partial charge in [0.05, 0.1) is 78.4 Å². The first-order chi connectivity index (χ1) is 68.3. The Morgan fingerprint density at radius 2 is 0.632 bits per heavy atom. The molecule has 144 heavy (non-hydrogen) atoms. The maximum absolute atomic E-state index is 6.37. The zero-order valence-corrected chi connectivity index (χ0v) is 92.1. The zero-order valence-electron chi connectivity index (χ0n) is 80.6. The van der Waals surface area contributed by atoms with E-state index in [-0.39, 0.29) is 44.4 Å². The Morgan fingerprint density at radius 3 is 0.986 bits per heavy atom. The summed E-state index contributed by atoms with van der Waals surface area (Å²) in [5, 5.41) is 13.9. The molecule has 768 valence electrons. The van der Waals surface area contributed by atoms with E-state index in [1.807, 2.05) is 54.3 Å². The Morgan fingerprint density at radius 1 is 0.333 bits per heavy atom. The molecule has 0 atom stereocenters. The average molecular weight is 2280 g/mol. The van der Waals surface area contributed by atoms with E-state index >= 15 is 0 Å². The minimum atomic E-state index is -0.157. The van der Waals surface area contributed by atoms with Crippen molar-refractivity contribution in [2.45, 2.75) is 154 Å². The van der Waals surface area contributed by atoms with E-state index < -0.39 is 0 Å². The molecule has 12 aromatic rings. The molecule has 0 spiro atoms. The Labute approximate surface area is 913 Å². The van der Waals surface area contributed by atoms with Crippen LogP contribution >= 0.6 is 167 Å². The van der Waals surface area contributed by atoms with Crippen LogP contribution in [-0.4, -0.2) is 179 Å². The first kappa shape index (κ1) is 113. The van der Waals surface area contributed by atoms with Crippen molar-refractivity contribution in [3.05, 3.63) is 197 Å². The van der Waals surface area contributed by atoms with Gasteiger partial charge in [-0.25, -0.2) is 49.8 Å². The molecule has 0 aliphatic carbocycles. The van der Waals surface area contributed by atoms with Crippen LogP contribution < -0.4 is 98.2 Å². The Hall–Kier alpha value is -8.66. The molecule has 45 heteroatoms. The van der Waals surface area contributed by atoms with Crippen LogP contribution in [0.15, 0.2) is 126 Å². The van der Waals surface area contributed by atoms with Gasteiger partial charge in [0.25, 0.3) is 0 Å². The molecule has 24 N–H and O–H groups in total. The van der Waals surface area contributed by atoms with Gasteiger partial charge in [0.1, 0.15) is 50.4 Å². The van der Waals surface area contributed by atoms with Crippen molar-refractivity contribution >= 4 is 237 Å². The molecule has 31 nitrogen and oxygen atoms in total. The molecule has 0 radical (unpaired) electrons.